The van der Waals surface area contributed by atoms with Gasteiger partial charge in [-0.05, 0) is 55.0 Å². The van der Waals surface area contributed by atoms with Crippen LogP contribution in [0.2, 0.25) is 0 Å². The SMILES string of the molecule is COc1ccc(C)cc1N1C(N2CCN(c3ccc(F)cc3)CC2)=Nc2c(F)cccc2C1CC(=O)N=O. The Hall–Kier alpha value is -4.34. The summed E-state index contributed by atoms with van der Waals surface area (Å²) < 4.78 is 34.2. The van der Waals surface area contributed by atoms with Gasteiger partial charge in [-0.25, -0.2) is 13.8 Å². The second-order valence-corrected chi connectivity index (χ2v) is 9.29. The van der Waals surface area contributed by atoms with Crippen LogP contribution in [0.5, 0.6) is 5.75 Å². The second-order valence-electron chi connectivity index (χ2n) is 9.29. The molecule has 1 amide bonds. The van der Waals surface area contributed by atoms with Gasteiger partial charge in [0.2, 0.25) is 5.96 Å². The van der Waals surface area contributed by atoms with Gasteiger partial charge in [-0.15, -0.1) is 4.91 Å². The van der Waals surface area contributed by atoms with E-state index in [0.717, 1.165) is 11.3 Å². The third kappa shape index (κ3) is 4.81. The number of aryl methyl sites for hydroxylation is 1. The molecule has 0 aliphatic carbocycles. The predicted octanol–water partition coefficient (Wildman–Crippen LogP) is 5.34. The van der Waals surface area contributed by atoms with Crippen molar-refractivity contribution in [3.05, 3.63) is 88.3 Å². The number of para-hydroxylation sites is 1. The van der Waals surface area contributed by atoms with Crippen LogP contribution in [0.15, 0.2) is 70.8 Å². The average molecular weight is 520 g/mol. The Labute approximate surface area is 219 Å². The van der Waals surface area contributed by atoms with Crippen LogP contribution in [0.3, 0.4) is 0 Å². The lowest BCUT2D eigenvalue weighted by Gasteiger charge is -2.45. The lowest BCUT2D eigenvalue weighted by molar-refractivity contribution is -0.118. The maximum atomic E-state index is 15.1. The fraction of sp³-hybridized carbons (Fsp3) is 0.286. The monoisotopic (exact) mass is 519 g/mol. The number of rotatable bonds is 5. The van der Waals surface area contributed by atoms with Gasteiger partial charge in [-0.3, -0.25) is 4.79 Å². The molecule has 8 nitrogen and oxygen atoms in total. The van der Waals surface area contributed by atoms with Crippen molar-refractivity contribution in [1.29, 1.82) is 0 Å². The Kier molecular flexibility index (Phi) is 7.04. The molecule has 2 heterocycles. The highest BCUT2D eigenvalue weighted by molar-refractivity contribution is 6.02. The van der Waals surface area contributed by atoms with Crippen LogP contribution in [0.4, 0.5) is 25.8 Å². The number of benzene rings is 3. The van der Waals surface area contributed by atoms with E-state index >= 15 is 4.39 Å². The number of hydrogen-bond acceptors (Lipinski definition) is 7. The molecule has 38 heavy (non-hydrogen) atoms. The molecule has 196 valence electrons. The van der Waals surface area contributed by atoms with Crippen LogP contribution in [0, 0.1) is 23.5 Å². The first-order valence-electron chi connectivity index (χ1n) is 12.3. The number of nitroso groups, excluding NO2 is 1. The molecule has 2 aliphatic rings. The molecule has 3 aromatic rings. The number of ether oxygens (including phenoxy) is 1. The molecular weight excluding hydrogens is 492 g/mol. The van der Waals surface area contributed by atoms with Gasteiger partial charge in [0.15, 0.2) is 0 Å². The number of aliphatic imine (C=N–C) groups is 1. The van der Waals surface area contributed by atoms with Crippen LogP contribution in [0.1, 0.15) is 23.6 Å². The van der Waals surface area contributed by atoms with Gasteiger partial charge in [-0.2, -0.15) is 0 Å². The third-order valence-corrected chi connectivity index (χ3v) is 6.93. The number of anilines is 2. The number of piperazine rings is 1. The fourth-order valence-corrected chi connectivity index (χ4v) is 5.06. The van der Waals surface area contributed by atoms with E-state index < -0.39 is 17.8 Å². The Balaban J connectivity index is 1.59. The number of amides is 1. The Morgan fingerprint density at radius 2 is 1.74 bits per heavy atom. The summed E-state index contributed by atoms with van der Waals surface area (Å²) in [6, 6.07) is 15.9. The largest absolute Gasteiger partial charge is 0.495 e. The van der Waals surface area contributed by atoms with E-state index in [1.165, 1.54) is 18.2 Å². The molecule has 0 saturated carbocycles. The highest BCUT2D eigenvalue weighted by Gasteiger charge is 2.38. The van der Waals surface area contributed by atoms with Crippen molar-refractivity contribution in [2.45, 2.75) is 19.4 Å². The molecule has 1 saturated heterocycles. The van der Waals surface area contributed by atoms with Gasteiger partial charge >= 0.3 is 0 Å². The zero-order chi connectivity index (χ0) is 26.8. The summed E-state index contributed by atoms with van der Waals surface area (Å²) in [5.41, 5.74) is 3.12. The van der Waals surface area contributed by atoms with E-state index in [1.54, 1.807) is 31.4 Å². The van der Waals surface area contributed by atoms with Crippen molar-refractivity contribution in [1.82, 2.24) is 4.90 Å². The number of carbonyl (C=O) groups excluding carboxylic acids is 1. The summed E-state index contributed by atoms with van der Waals surface area (Å²) in [7, 11) is 1.55. The fourth-order valence-electron chi connectivity index (χ4n) is 5.06. The number of guanidine groups is 1. The van der Waals surface area contributed by atoms with Crippen molar-refractivity contribution in [2.24, 2.45) is 10.2 Å². The van der Waals surface area contributed by atoms with E-state index in [9.17, 15) is 14.1 Å². The molecule has 1 atom stereocenters. The summed E-state index contributed by atoms with van der Waals surface area (Å²) >= 11 is 0. The molecule has 3 aromatic carbocycles. The van der Waals surface area contributed by atoms with Crippen molar-refractivity contribution < 1.29 is 18.3 Å². The Morgan fingerprint density at radius 3 is 2.42 bits per heavy atom. The smallest absolute Gasteiger partial charge is 0.288 e. The molecular formula is C28H27F2N5O3. The molecule has 5 rings (SSSR count). The van der Waals surface area contributed by atoms with Crippen LogP contribution in [-0.2, 0) is 4.79 Å². The summed E-state index contributed by atoms with van der Waals surface area (Å²) in [4.78, 5) is 34.3. The van der Waals surface area contributed by atoms with Crippen LogP contribution in [-0.4, -0.2) is 50.1 Å². The van der Waals surface area contributed by atoms with E-state index in [4.69, 9.17) is 9.73 Å². The number of nitrogens with zero attached hydrogens (tertiary/aromatic N) is 5. The number of fused-ring (bicyclic) bond motifs is 1. The van der Waals surface area contributed by atoms with Crippen molar-refractivity contribution in [3.8, 4) is 5.75 Å². The van der Waals surface area contributed by atoms with Gasteiger partial charge in [0, 0.05) is 42.6 Å². The van der Waals surface area contributed by atoms with Crippen LogP contribution < -0.4 is 14.5 Å². The minimum Gasteiger partial charge on any atom is -0.495 e. The zero-order valence-corrected chi connectivity index (χ0v) is 21.1. The summed E-state index contributed by atoms with van der Waals surface area (Å²) in [5, 5.41) is 2.63. The van der Waals surface area contributed by atoms with E-state index in [1.807, 2.05) is 34.9 Å². The number of hydrogen-bond donors (Lipinski definition) is 0. The van der Waals surface area contributed by atoms with Gasteiger partial charge in [-0.1, -0.05) is 18.2 Å². The summed E-state index contributed by atoms with van der Waals surface area (Å²) in [6.45, 7) is 4.25. The molecule has 1 fully saturated rings. The molecule has 0 radical (unpaired) electrons. The lowest BCUT2D eigenvalue weighted by atomic mass is 9.96. The normalized spacial score (nSPS) is 17.1. The standard InChI is InChI=1S/C28H27F2N5O3/c1-18-6-11-25(38-2)24(16-18)35-23(17-26(36)32-37)21-4-3-5-22(30)27(21)31-28(35)34-14-12-33(13-15-34)20-9-7-19(29)8-10-20/h3-11,16,23H,12-15,17H2,1-2H3. The Morgan fingerprint density at radius 1 is 1.03 bits per heavy atom. The maximum absolute atomic E-state index is 15.1. The molecule has 0 bridgehead atoms. The Bertz CT molecular complexity index is 1390. The molecule has 0 spiro atoms. The van der Waals surface area contributed by atoms with Gasteiger partial charge < -0.3 is 19.4 Å². The molecule has 10 heteroatoms. The molecule has 0 aromatic heterocycles. The van der Waals surface area contributed by atoms with E-state index in [2.05, 4.69) is 10.1 Å². The van der Waals surface area contributed by atoms with Crippen molar-refractivity contribution >= 4 is 28.9 Å². The number of carbonyl (C=O) groups is 1. The maximum Gasteiger partial charge on any atom is 0.288 e. The number of halogens is 2. The average Bonchev–Trinajstić information content (AvgIpc) is 2.93. The zero-order valence-electron chi connectivity index (χ0n) is 21.1. The highest BCUT2D eigenvalue weighted by Crippen LogP contribution is 2.44. The molecule has 2 aliphatic heterocycles. The third-order valence-electron chi connectivity index (χ3n) is 6.93. The lowest BCUT2D eigenvalue weighted by Crippen LogP contribution is -2.55. The summed E-state index contributed by atoms with van der Waals surface area (Å²) in [5.74, 6) is -0.655. The summed E-state index contributed by atoms with van der Waals surface area (Å²) in [6.07, 6.45) is -0.258. The first-order valence-corrected chi connectivity index (χ1v) is 12.3. The van der Waals surface area contributed by atoms with Crippen molar-refractivity contribution in [2.75, 3.05) is 43.1 Å². The number of methoxy groups -OCH3 is 1. The predicted molar refractivity (Wildman–Crippen MR) is 142 cm³/mol. The molecule has 0 N–H and O–H groups in total. The minimum atomic E-state index is -0.843. The van der Waals surface area contributed by atoms with Gasteiger partial charge in [0.1, 0.15) is 23.1 Å². The first-order chi connectivity index (χ1) is 18.4. The minimum absolute atomic E-state index is 0.134. The van der Waals surface area contributed by atoms with E-state index in [-0.39, 0.29) is 17.9 Å². The van der Waals surface area contributed by atoms with Crippen molar-refractivity contribution in [3.63, 3.8) is 0 Å². The quantitative estimate of drug-likeness (QED) is 0.424. The van der Waals surface area contributed by atoms with E-state index in [0.29, 0.717) is 49.1 Å². The second kappa shape index (κ2) is 10.6. The highest BCUT2D eigenvalue weighted by atomic mass is 19.1. The first kappa shape index (κ1) is 25.3. The van der Waals surface area contributed by atoms with Gasteiger partial charge in [0.25, 0.3) is 5.91 Å². The van der Waals surface area contributed by atoms with Gasteiger partial charge in [0.05, 0.1) is 25.3 Å². The van der Waals surface area contributed by atoms with Crippen LogP contribution >= 0.6 is 0 Å². The van der Waals surface area contributed by atoms with Crippen LogP contribution in [0.25, 0.3) is 0 Å². The molecule has 1 unspecified atom stereocenters. The topological polar surface area (TPSA) is 77.8 Å².